The maximum Gasteiger partial charge on any atom is 0.323 e. The molecule has 130 valence electrons. The highest BCUT2D eigenvalue weighted by molar-refractivity contribution is 6.30. The molecule has 4 rings (SSSR count). The molecule has 2 heterocycles. The lowest BCUT2D eigenvalue weighted by Crippen LogP contribution is -1.99. The Bertz CT molecular complexity index is 1180. The van der Waals surface area contributed by atoms with Crippen LogP contribution in [0.5, 0.6) is 0 Å². The average Bonchev–Trinajstić information content (AvgIpc) is 3.12. The predicted octanol–water partition coefficient (Wildman–Crippen LogP) is 4.67. The van der Waals surface area contributed by atoms with Gasteiger partial charge in [-0.1, -0.05) is 11.6 Å². The molecule has 4 aromatic rings. The fraction of sp³-hybridized carbons (Fsp3) is 0.100. The Balaban J connectivity index is 1.69. The van der Waals surface area contributed by atoms with E-state index in [-0.39, 0.29) is 5.69 Å². The lowest BCUT2D eigenvalue weighted by Gasteiger charge is -2.09. The van der Waals surface area contributed by atoms with E-state index in [0.29, 0.717) is 0 Å². The number of hydrogen-bond acceptors (Lipinski definition) is 2. The summed E-state index contributed by atoms with van der Waals surface area (Å²) in [5, 5.41) is 0.719. The molecule has 2 N–H and O–H groups in total. The van der Waals surface area contributed by atoms with E-state index in [2.05, 4.69) is 39.4 Å². The molecule has 0 amide bonds. The van der Waals surface area contributed by atoms with Crippen molar-refractivity contribution < 1.29 is 0 Å². The van der Waals surface area contributed by atoms with Crippen molar-refractivity contribution in [2.45, 2.75) is 13.8 Å². The molecule has 0 spiro atoms. The first-order chi connectivity index (χ1) is 12.5. The second kappa shape index (κ2) is 6.35. The van der Waals surface area contributed by atoms with E-state index < -0.39 is 0 Å². The zero-order valence-corrected chi connectivity index (χ0v) is 15.1. The minimum Gasteiger partial charge on any atom is -0.318 e. The normalized spacial score (nSPS) is 11.7. The van der Waals surface area contributed by atoms with Crippen LogP contribution < -0.4 is 5.69 Å². The standard InChI is InChI=1S/C20H17ClN4O/c1-12-9-14(13(2)25(12)17-6-3-15(21)4-7-17)11-22-16-5-8-18-19(10-16)24-20(26)23-18/h3-11H,1-2H3,(H2,23,24,26). The molecule has 0 unspecified atom stereocenters. The molecule has 0 saturated carbocycles. The van der Waals surface area contributed by atoms with Gasteiger partial charge >= 0.3 is 5.69 Å². The summed E-state index contributed by atoms with van der Waals surface area (Å²) in [6.07, 6.45) is 1.85. The Morgan fingerprint density at radius 2 is 1.73 bits per heavy atom. The smallest absolute Gasteiger partial charge is 0.318 e. The first-order valence-corrected chi connectivity index (χ1v) is 8.60. The van der Waals surface area contributed by atoms with Gasteiger partial charge in [-0.25, -0.2) is 4.79 Å². The van der Waals surface area contributed by atoms with Gasteiger partial charge in [-0.2, -0.15) is 0 Å². The predicted molar refractivity (Wildman–Crippen MR) is 106 cm³/mol. The highest BCUT2D eigenvalue weighted by atomic mass is 35.5. The van der Waals surface area contributed by atoms with E-state index >= 15 is 0 Å². The number of nitrogens with zero attached hydrogens (tertiary/aromatic N) is 2. The summed E-state index contributed by atoms with van der Waals surface area (Å²) in [6.45, 7) is 4.13. The molecule has 0 aliphatic heterocycles. The number of benzene rings is 2. The van der Waals surface area contributed by atoms with Gasteiger partial charge in [-0.05, 0) is 62.4 Å². The molecule has 0 radical (unpaired) electrons. The van der Waals surface area contributed by atoms with Crippen LogP contribution in [0.1, 0.15) is 17.0 Å². The molecule has 5 nitrogen and oxygen atoms in total. The van der Waals surface area contributed by atoms with Crippen LogP contribution in [0.4, 0.5) is 5.69 Å². The SMILES string of the molecule is Cc1cc(C=Nc2ccc3[nH]c(=O)[nH]c3c2)c(C)n1-c1ccc(Cl)cc1. The minimum absolute atomic E-state index is 0.215. The zero-order valence-electron chi connectivity index (χ0n) is 14.4. The number of H-pyrrole nitrogens is 2. The van der Waals surface area contributed by atoms with Gasteiger partial charge in [0.2, 0.25) is 0 Å². The minimum atomic E-state index is -0.215. The Kier molecular flexibility index (Phi) is 4.01. The molecular formula is C20H17ClN4O. The summed E-state index contributed by atoms with van der Waals surface area (Å²) in [4.78, 5) is 21.4. The van der Waals surface area contributed by atoms with E-state index in [9.17, 15) is 4.79 Å². The lowest BCUT2D eigenvalue weighted by molar-refractivity contribution is 0.965. The van der Waals surface area contributed by atoms with Gasteiger partial charge in [0.05, 0.1) is 16.7 Å². The molecule has 0 fully saturated rings. The number of aliphatic imine (C=N–C) groups is 1. The first-order valence-electron chi connectivity index (χ1n) is 8.22. The summed E-state index contributed by atoms with van der Waals surface area (Å²) in [5.74, 6) is 0. The second-order valence-corrected chi connectivity index (χ2v) is 6.64. The molecule has 2 aromatic heterocycles. The maximum atomic E-state index is 11.4. The van der Waals surface area contributed by atoms with E-state index in [1.807, 2.05) is 48.7 Å². The van der Waals surface area contributed by atoms with E-state index in [1.165, 1.54) is 0 Å². The van der Waals surface area contributed by atoms with Gasteiger partial charge in [0.25, 0.3) is 0 Å². The van der Waals surface area contributed by atoms with E-state index in [1.54, 1.807) is 0 Å². The molecule has 0 bridgehead atoms. The first kappa shape index (κ1) is 16.4. The molecule has 2 aromatic carbocycles. The van der Waals surface area contributed by atoms with Crippen molar-refractivity contribution in [1.82, 2.24) is 14.5 Å². The number of aromatic amines is 2. The number of imidazole rings is 1. The summed E-state index contributed by atoms with van der Waals surface area (Å²) >= 11 is 5.99. The molecule has 0 aliphatic carbocycles. The third kappa shape index (κ3) is 2.97. The van der Waals surface area contributed by atoms with Gasteiger partial charge in [0, 0.05) is 33.9 Å². The Morgan fingerprint density at radius 3 is 2.50 bits per heavy atom. The fourth-order valence-electron chi connectivity index (χ4n) is 3.15. The number of nitrogens with one attached hydrogen (secondary N) is 2. The van der Waals surface area contributed by atoms with Crippen LogP contribution >= 0.6 is 11.6 Å². The largest absolute Gasteiger partial charge is 0.323 e. The van der Waals surface area contributed by atoms with Crippen molar-refractivity contribution in [3.05, 3.63) is 81.0 Å². The molecule has 26 heavy (non-hydrogen) atoms. The Morgan fingerprint density at radius 1 is 1.00 bits per heavy atom. The lowest BCUT2D eigenvalue weighted by atomic mass is 10.2. The molecule has 0 saturated heterocycles. The highest BCUT2D eigenvalue weighted by Gasteiger charge is 2.09. The van der Waals surface area contributed by atoms with Gasteiger partial charge in [0.15, 0.2) is 0 Å². The van der Waals surface area contributed by atoms with Gasteiger partial charge in [-0.3, -0.25) is 4.99 Å². The van der Waals surface area contributed by atoms with Gasteiger partial charge < -0.3 is 14.5 Å². The van der Waals surface area contributed by atoms with E-state index in [0.717, 1.165) is 44.4 Å². The van der Waals surface area contributed by atoms with Gasteiger partial charge in [0.1, 0.15) is 0 Å². The second-order valence-electron chi connectivity index (χ2n) is 6.21. The zero-order chi connectivity index (χ0) is 18.3. The van der Waals surface area contributed by atoms with Crippen LogP contribution in [0.15, 0.2) is 58.3 Å². The van der Waals surface area contributed by atoms with E-state index in [4.69, 9.17) is 11.6 Å². The van der Waals surface area contributed by atoms with Crippen molar-refractivity contribution in [3.63, 3.8) is 0 Å². The van der Waals surface area contributed by atoms with Crippen molar-refractivity contribution >= 4 is 34.5 Å². The quantitative estimate of drug-likeness (QED) is 0.510. The summed E-state index contributed by atoms with van der Waals surface area (Å²) in [7, 11) is 0. The van der Waals surface area contributed by atoms with Crippen LogP contribution in [-0.2, 0) is 0 Å². The number of rotatable bonds is 3. The summed E-state index contributed by atoms with van der Waals surface area (Å²) in [6, 6.07) is 15.4. The molecular weight excluding hydrogens is 348 g/mol. The van der Waals surface area contributed by atoms with Gasteiger partial charge in [-0.15, -0.1) is 0 Å². The average molecular weight is 365 g/mol. The van der Waals surface area contributed by atoms with Crippen molar-refractivity contribution in [2.75, 3.05) is 0 Å². The number of fused-ring (bicyclic) bond motifs is 1. The number of halogens is 1. The van der Waals surface area contributed by atoms with Crippen LogP contribution in [0, 0.1) is 13.8 Å². The Hall–Kier alpha value is -3.05. The summed E-state index contributed by atoms with van der Waals surface area (Å²) in [5.41, 5.74) is 6.42. The third-order valence-electron chi connectivity index (χ3n) is 4.41. The van der Waals surface area contributed by atoms with Crippen molar-refractivity contribution in [1.29, 1.82) is 0 Å². The Labute approximate surface area is 155 Å². The number of hydrogen-bond donors (Lipinski definition) is 2. The number of aryl methyl sites for hydroxylation is 1. The maximum absolute atomic E-state index is 11.4. The fourth-order valence-corrected chi connectivity index (χ4v) is 3.28. The monoisotopic (exact) mass is 364 g/mol. The molecule has 0 atom stereocenters. The molecule has 0 aliphatic rings. The van der Waals surface area contributed by atoms with Crippen LogP contribution in [0.3, 0.4) is 0 Å². The van der Waals surface area contributed by atoms with Crippen LogP contribution in [0.25, 0.3) is 16.7 Å². The molecule has 6 heteroatoms. The third-order valence-corrected chi connectivity index (χ3v) is 4.66. The van der Waals surface area contributed by atoms with Crippen LogP contribution in [0.2, 0.25) is 5.02 Å². The number of aromatic nitrogens is 3. The van der Waals surface area contributed by atoms with Crippen molar-refractivity contribution in [3.8, 4) is 5.69 Å². The highest BCUT2D eigenvalue weighted by Crippen LogP contribution is 2.22. The van der Waals surface area contributed by atoms with Crippen LogP contribution in [-0.4, -0.2) is 20.7 Å². The summed E-state index contributed by atoms with van der Waals surface area (Å²) < 4.78 is 2.17. The van der Waals surface area contributed by atoms with Crippen molar-refractivity contribution in [2.24, 2.45) is 4.99 Å². The topological polar surface area (TPSA) is 65.9 Å².